The molecule has 3 nitrogen and oxygen atoms in total. The Hall–Kier alpha value is -1.35. The van der Waals surface area contributed by atoms with Gasteiger partial charge in [0.25, 0.3) is 0 Å². The number of nitrogens with two attached hydrogens (primary N) is 1. The minimum atomic E-state index is 0.403. The van der Waals surface area contributed by atoms with Gasteiger partial charge in [-0.25, -0.2) is 4.98 Å². The lowest BCUT2D eigenvalue weighted by Gasteiger charge is -2.24. The third-order valence-corrected chi connectivity index (χ3v) is 3.57. The lowest BCUT2D eigenvalue weighted by atomic mass is 9.86. The highest BCUT2D eigenvalue weighted by atomic mass is 14.9. The van der Waals surface area contributed by atoms with Crippen molar-refractivity contribution in [3.8, 4) is 0 Å². The van der Waals surface area contributed by atoms with Crippen molar-refractivity contribution in [2.75, 3.05) is 0 Å². The summed E-state index contributed by atoms with van der Waals surface area (Å²) in [6.45, 7) is 4.00. The molecule has 1 aromatic carbocycles. The highest BCUT2D eigenvalue weighted by Gasteiger charge is 2.22. The molecule has 0 radical (unpaired) electrons. The zero-order valence-electron chi connectivity index (χ0n) is 11.3. The maximum absolute atomic E-state index is 5.92. The molecular weight excluding hydrogens is 222 g/mol. The van der Waals surface area contributed by atoms with E-state index in [1.54, 1.807) is 0 Å². The second-order valence-corrected chi connectivity index (χ2v) is 4.75. The first-order chi connectivity index (χ1) is 8.83. The number of para-hydroxylation sites is 2. The number of H-pyrrole nitrogens is 1. The largest absolute Gasteiger partial charge is 0.342 e. The second kappa shape index (κ2) is 6.01. The molecule has 1 fully saturated rings. The molecule has 1 aliphatic carbocycles. The normalized spacial score (nSPS) is 23.5. The number of benzene rings is 1. The van der Waals surface area contributed by atoms with Crippen LogP contribution >= 0.6 is 0 Å². The Balaban J connectivity index is 0.000000574. The zero-order valence-corrected chi connectivity index (χ0v) is 11.3. The van der Waals surface area contributed by atoms with Crippen LogP contribution in [-0.4, -0.2) is 16.0 Å². The lowest BCUT2D eigenvalue weighted by molar-refractivity contribution is 0.386. The summed E-state index contributed by atoms with van der Waals surface area (Å²) >= 11 is 0. The second-order valence-electron chi connectivity index (χ2n) is 4.75. The minimum absolute atomic E-state index is 0.403. The summed E-state index contributed by atoms with van der Waals surface area (Å²) in [6.07, 6.45) is 4.59. The summed E-state index contributed by atoms with van der Waals surface area (Å²) in [5.74, 6) is 1.72. The van der Waals surface area contributed by atoms with E-state index in [0.29, 0.717) is 12.0 Å². The predicted octanol–water partition coefficient (Wildman–Crippen LogP) is 3.57. The van der Waals surface area contributed by atoms with Crippen LogP contribution < -0.4 is 5.73 Å². The van der Waals surface area contributed by atoms with E-state index >= 15 is 0 Å². The quantitative estimate of drug-likeness (QED) is 0.807. The molecule has 98 valence electrons. The monoisotopic (exact) mass is 245 g/mol. The molecule has 0 atom stereocenters. The van der Waals surface area contributed by atoms with Crippen molar-refractivity contribution in [2.45, 2.75) is 51.5 Å². The Morgan fingerprint density at radius 3 is 2.44 bits per heavy atom. The average molecular weight is 245 g/mol. The number of aromatic nitrogens is 2. The average Bonchev–Trinajstić information content (AvgIpc) is 2.85. The molecule has 0 aliphatic heterocycles. The van der Waals surface area contributed by atoms with Crippen LogP contribution in [0.1, 0.15) is 51.3 Å². The summed E-state index contributed by atoms with van der Waals surface area (Å²) in [7, 11) is 0. The van der Waals surface area contributed by atoms with Crippen molar-refractivity contribution in [2.24, 2.45) is 5.73 Å². The highest BCUT2D eigenvalue weighted by molar-refractivity contribution is 5.74. The van der Waals surface area contributed by atoms with E-state index in [9.17, 15) is 0 Å². The van der Waals surface area contributed by atoms with E-state index in [0.717, 1.165) is 29.7 Å². The maximum Gasteiger partial charge on any atom is 0.110 e. The van der Waals surface area contributed by atoms with Crippen molar-refractivity contribution in [1.29, 1.82) is 0 Å². The first-order valence-electron chi connectivity index (χ1n) is 7.03. The van der Waals surface area contributed by atoms with Gasteiger partial charge in [-0.1, -0.05) is 26.0 Å². The molecule has 1 saturated carbocycles. The van der Waals surface area contributed by atoms with Gasteiger partial charge in [-0.2, -0.15) is 0 Å². The number of fused-ring (bicyclic) bond motifs is 1. The van der Waals surface area contributed by atoms with Crippen molar-refractivity contribution in [1.82, 2.24) is 9.97 Å². The number of nitrogens with one attached hydrogen (secondary N) is 1. The number of hydrogen-bond donors (Lipinski definition) is 2. The van der Waals surface area contributed by atoms with Crippen LogP contribution in [0.4, 0.5) is 0 Å². The molecular formula is C15H23N3. The minimum Gasteiger partial charge on any atom is -0.342 e. The first-order valence-corrected chi connectivity index (χ1v) is 7.03. The zero-order chi connectivity index (χ0) is 13.0. The Bertz CT molecular complexity index is 448. The van der Waals surface area contributed by atoms with E-state index in [1.165, 1.54) is 12.8 Å². The summed E-state index contributed by atoms with van der Waals surface area (Å²) < 4.78 is 0. The Morgan fingerprint density at radius 1 is 1.11 bits per heavy atom. The van der Waals surface area contributed by atoms with E-state index in [1.807, 2.05) is 26.0 Å². The van der Waals surface area contributed by atoms with Gasteiger partial charge in [0, 0.05) is 12.0 Å². The molecule has 0 spiro atoms. The summed E-state index contributed by atoms with van der Waals surface area (Å²) in [5, 5.41) is 0. The van der Waals surface area contributed by atoms with Crippen LogP contribution in [0.5, 0.6) is 0 Å². The number of imidazole rings is 1. The van der Waals surface area contributed by atoms with E-state index in [2.05, 4.69) is 22.1 Å². The SMILES string of the molecule is CC.NC1CCC(c2nc3ccccc3[nH]2)CC1. The van der Waals surface area contributed by atoms with Gasteiger partial charge in [-0.15, -0.1) is 0 Å². The Morgan fingerprint density at radius 2 is 1.78 bits per heavy atom. The summed E-state index contributed by atoms with van der Waals surface area (Å²) in [6, 6.07) is 8.62. The predicted molar refractivity (Wildman–Crippen MR) is 76.6 cm³/mol. The van der Waals surface area contributed by atoms with Gasteiger partial charge < -0.3 is 10.7 Å². The van der Waals surface area contributed by atoms with Gasteiger partial charge in [-0.3, -0.25) is 0 Å². The molecule has 3 rings (SSSR count). The van der Waals surface area contributed by atoms with Gasteiger partial charge >= 0.3 is 0 Å². The first kappa shape index (κ1) is 13.1. The third kappa shape index (κ3) is 2.72. The van der Waals surface area contributed by atoms with Crippen LogP contribution in [0.2, 0.25) is 0 Å². The van der Waals surface area contributed by atoms with Crippen molar-refractivity contribution >= 4 is 11.0 Å². The third-order valence-electron chi connectivity index (χ3n) is 3.57. The van der Waals surface area contributed by atoms with Crippen LogP contribution in [0.15, 0.2) is 24.3 Å². The highest BCUT2D eigenvalue weighted by Crippen LogP contribution is 2.31. The molecule has 1 aromatic heterocycles. The van der Waals surface area contributed by atoms with E-state index < -0.39 is 0 Å². The molecule has 0 saturated heterocycles. The van der Waals surface area contributed by atoms with E-state index in [4.69, 9.17) is 5.73 Å². The topological polar surface area (TPSA) is 54.7 Å². The molecule has 2 aromatic rings. The molecule has 1 aliphatic rings. The van der Waals surface area contributed by atoms with Crippen molar-refractivity contribution in [3.05, 3.63) is 30.1 Å². The van der Waals surface area contributed by atoms with Gasteiger partial charge in [-0.05, 0) is 37.8 Å². The van der Waals surface area contributed by atoms with Gasteiger partial charge in [0.15, 0.2) is 0 Å². The number of rotatable bonds is 1. The van der Waals surface area contributed by atoms with Crippen LogP contribution in [0.3, 0.4) is 0 Å². The number of hydrogen-bond acceptors (Lipinski definition) is 2. The van der Waals surface area contributed by atoms with Gasteiger partial charge in [0.1, 0.15) is 5.82 Å². The van der Waals surface area contributed by atoms with Crippen LogP contribution in [0, 0.1) is 0 Å². The molecule has 0 unspecified atom stereocenters. The fourth-order valence-electron chi connectivity index (χ4n) is 2.56. The standard InChI is InChI=1S/C13H17N3.C2H6/c14-10-7-5-9(6-8-10)13-15-11-3-1-2-4-12(11)16-13;1-2/h1-4,9-10H,5-8,14H2,(H,15,16);1-2H3. The fraction of sp³-hybridized carbons (Fsp3) is 0.533. The van der Waals surface area contributed by atoms with Gasteiger partial charge in [0.2, 0.25) is 0 Å². The van der Waals surface area contributed by atoms with Crippen molar-refractivity contribution < 1.29 is 0 Å². The molecule has 0 amide bonds. The van der Waals surface area contributed by atoms with Crippen LogP contribution in [-0.2, 0) is 0 Å². The smallest absolute Gasteiger partial charge is 0.110 e. The Kier molecular flexibility index (Phi) is 4.37. The summed E-state index contributed by atoms with van der Waals surface area (Å²) in [4.78, 5) is 8.09. The summed E-state index contributed by atoms with van der Waals surface area (Å²) in [5.41, 5.74) is 8.14. The van der Waals surface area contributed by atoms with Crippen molar-refractivity contribution in [3.63, 3.8) is 0 Å². The number of nitrogens with zero attached hydrogens (tertiary/aromatic N) is 1. The molecule has 1 heterocycles. The van der Waals surface area contributed by atoms with Gasteiger partial charge in [0.05, 0.1) is 11.0 Å². The Labute approximate surface area is 109 Å². The molecule has 3 N–H and O–H groups in total. The number of aromatic amines is 1. The molecule has 3 heteroatoms. The molecule has 0 bridgehead atoms. The molecule has 18 heavy (non-hydrogen) atoms. The fourth-order valence-corrected chi connectivity index (χ4v) is 2.56. The van der Waals surface area contributed by atoms with Crippen LogP contribution in [0.25, 0.3) is 11.0 Å². The van der Waals surface area contributed by atoms with E-state index in [-0.39, 0.29) is 0 Å². The maximum atomic E-state index is 5.92. The lowest BCUT2D eigenvalue weighted by Crippen LogP contribution is -2.26.